The maximum absolute atomic E-state index is 4.69. The number of hydrogen-bond acceptors (Lipinski definition) is 4. The van der Waals surface area contributed by atoms with E-state index in [1.165, 1.54) is 10.8 Å². The van der Waals surface area contributed by atoms with Crippen LogP contribution in [0.15, 0.2) is 5.38 Å². The Morgan fingerprint density at radius 1 is 1.47 bits per heavy atom. The van der Waals surface area contributed by atoms with Gasteiger partial charge in [0.1, 0.15) is 0 Å². The molecule has 1 aliphatic heterocycles. The molecule has 3 nitrogen and oxygen atoms in total. The minimum absolute atomic E-state index is 0.697. The largest absolute Gasteiger partial charge is 0.346 e. The summed E-state index contributed by atoms with van der Waals surface area (Å²) >= 11 is 1.79. The number of hydrogen-bond donors (Lipinski definition) is 1. The van der Waals surface area contributed by atoms with Gasteiger partial charge in [-0.05, 0) is 12.3 Å². The van der Waals surface area contributed by atoms with E-state index in [-0.39, 0.29) is 0 Å². The minimum atomic E-state index is 0.697. The summed E-state index contributed by atoms with van der Waals surface area (Å²) < 4.78 is 0. The number of anilines is 1. The molecule has 0 amide bonds. The van der Waals surface area contributed by atoms with Crippen LogP contribution in [0.2, 0.25) is 0 Å². The molecular weight excluding hydrogens is 206 g/mol. The summed E-state index contributed by atoms with van der Waals surface area (Å²) in [6.45, 7) is 8.83. The molecule has 84 valence electrons. The summed E-state index contributed by atoms with van der Waals surface area (Å²) in [6, 6.07) is 0. The third kappa shape index (κ3) is 2.92. The summed E-state index contributed by atoms with van der Waals surface area (Å²) in [5, 5.41) is 6.77. The van der Waals surface area contributed by atoms with E-state index in [2.05, 4.69) is 29.4 Å². The fourth-order valence-electron chi connectivity index (χ4n) is 1.81. The van der Waals surface area contributed by atoms with Gasteiger partial charge in [-0.25, -0.2) is 4.98 Å². The molecule has 0 bridgehead atoms. The first-order valence-corrected chi connectivity index (χ1v) is 6.54. The predicted octanol–water partition coefficient (Wildman–Crippen LogP) is 1.75. The summed E-state index contributed by atoms with van der Waals surface area (Å²) in [7, 11) is 0. The second-order valence-corrected chi connectivity index (χ2v) is 5.29. The summed E-state index contributed by atoms with van der Waals surface area (Å²) in [4.78, 5) is 7.07. The molecule has 4 heteroatoms. The van der Waals surface area contributed by atoms with Crippen molar-refractivity contribution in [3.8, 4) is 0 Å². The summed E-state index contributed by atoms with van der Waals surface area (Å²) in [6.07, 6.45) is 1.10. The lowest BCUT2D eigenvalue weighted by Crippen LogP contribution is -2.43. The Kier molecular flexibility index (Phi) is 3.59. The van der Waals surface area contributed by atoms with E-state index in [4.69, 9.17) is 4.98 Å². The first-order valence-electron chi connectivity index (χ1n) is 5.66. The highest BCUT2D eigenvalue weighted by molar-refractivity contribution is 7.13. The van der Waals surface area contributed by atoms with Gasteiger partial charge >= 0.3 is 0 Å². The van der Waals surface area contributed by atoms with Crippen molar-refractivity contribution in [3.63, 3.8) is 0 Å². The van der Waals surface area contributed by atoms with Crippen LogP contribution in [-0.2, 0) is 6.42 Å². The molecule has 0 aromatic carbocycles. The first-order chi connectivity index (χ1) is 7.25. The predicted molar refractivity (Wildman–Crippen MR) is 65.7 cm³/mol. The first kappa shape index (κ1) is 10.9. The fourth-order valence-corrected chi connectivity index (χ4v) is 2.70. The molecule has 2 rings (SSSR count). The zero-order valence-electron chi connectivity index (χ0n) is 9.49. The Labute approximate surface area is 95.5 Å². The highest BCUT2D eigenvalue weighted by Crippen LogP contribution is 2.22. The van der Waals surface area contributed by atoms with Crippen LogP contribution in [0.3, 0.4) is 0 Å². The highest BCUT2D eigenvalue weighted by Gasteiger charge is 2.13. The molecule has 1 fully saturated rings. The van der Waals surface area contributed by atoms with Crippen molar-refractivity contribution in [2.24, 2.45) is 5.92 Å². The van der Waals surface area contributed by atoms with E-state index >= 15 is 0 Å². The van der Waals surface area contributed by atoms with Crippen LogP contribution >= 0.6 is 11.3 Å². The highest BCUT2D eigenvalue weighted by atomic mass is 32.1. The van der Waals surface area contributed by atoms with E-state index in [0.717, 1.165) is 32.6 Å². The Balaban J connectivity index is 1.99. The molecule has 0 aliphatic carbocycles. The number of nitrogens with one attached hydrogen (secondary N) is 1. The van der Waals surface area contributed by atoms with E-state index < -0.39 is 0 Å². The molecule has 0 unspecified atom stereocenters. The van der Waals surface area contributed by atoms with Gasteiger partial charge in [0.15, 0.2) is 5.13 Å². The zero-order valence-corrected chi connectivity index (χ0v) is 10.3. The number of piperazine rings is 1. The Morgan fingerprint density at radius 2 is 2.20 bits per heavy atom. The van der Waals surface area contributed by atoms with Gasteiger partial charge in [0.2, 0.25) is 0 Å². The van der Waals surface area contributed by atoms with Gasteiger partial charge in [-0.1, -0.05) is 13.8 Å². The smallest absolute Gasteiger partial charge is 0.185 e. The van der Waals surface area contributed by atoms with Crippen LogP contribution in [-0.4, -0.2) is 31.2 Å². The van der Waals surface area contributed by atoms with Crippen molar-refractivity contribution in [2.75, 3.05) is 31.1 Å². The van der Waals surface area contributed by atoms with Gasteiger partial charge in [0.05, 0.1) is 5.69 Å². The van der Waals surface area contributed by atoms with Gasteiger partial charge in [-0.2, -0.15) is 0 Å². The maximum atomic E-state index is 4.69. The van der Waals surface area contributed by atoms with Gasteiger partial charge in [-0.3, -0.25) is 0 Å². The monoisotopic (exact) mass is 225 g/mol. The minimum Gasteiger partial charge on any atom is -0.346 e. The van der Waals surface area contributed by atoms with Crippen molar-refractivity contribution in [1.82, 2.24) is 10.3 Å². The molecule has 0 radical (unpaired) electrons. The van der Waals surface area contributed by atoms with Gasteiger partial charge in [-0.15, -0.1) is 11.3 Å². The fraction of sp³-hybridized carbons (Fsp3) is 0.727. The lowest BCUT2D eigenvalue weighted by molar-refractivity contribution is 0.586. The van der Waals surface area contributed by atoms with E-state index in [1.54, 1.807) is 11.3 Å². The Bertz CT molecular complexity index is 303. The maximum Gasteiger partial charge on any atom is 0.185 e. The normalized spacial score (nSPS) is 17.4. The molecule has 15 heavy (non-hydrogen) atoms. The molecule has 0 saturated carbocycles. The van der Waals surface area contributed by atoms with Crippen LogP contribution in [0, 0.1) is 5.92 Å². The van der Waals surface area contributed by atoms with Crippen molar-refractivity contribution in [3.05, 3.63) is 11.1 Å². The average molecular weight is 225 g/mol. The van der Waals surface area contributed by atoms with Crippen molar-refractivity contribution < 1.29 is 0 Å². The van der Waals surface area contributed by atoms with Crippen molar-refractivity contribution in [2.45, 2.75) is 20.3 Å². The molecule has 1 aliphatic rings. The SMILES string of the molecule is CC(C)Cc1csc(N2CCNCC2)n1. The number of nitrogens with zero attached hydrogens (tertiary/aromatic N) is 2. The van der Waals surface area contributed by atoms with E-state index in [0.29, 0.717) is 5.92 Å². The van der Waals surface area contributed by atoms with E-state index in [9.17, 15) is 0 Å². The molecule has 1 aromatic heterocycles. The lowest BCUT2D eigenvalue weighted by atomic mass is 10.1. The van der Waals surface area contributed by atoms with Crippen molar-refractivity contribution >= 4 is 16.5 Å². The molecular formula is C11H19N3S. The number of thiazole rings is 1. The third-order valence-corrected chi connectivity index (χ3v) is 3.49. The second-order valence-electron chi connectivity index (χ2n) is 4.46. The number of rotatable bonds is 3. The standard InChI is InChI=1S/C11H19N3S/c1-9(2)7-10-8-15-11(13-10)14-5-3-12-4-6-14/h8-9,12H,3-7H2,1-2H3. The quantitative estimate of drug-likeness (QED) is 0.849. The van der Waals surface area contributed by atoms with Crippen LogP contribution in [0.4, 0.5) is 5.13 Å². The van der Waals surface area contributed by atoms with Crippen LogP contribution < -0.4 is 10.2 Å². The summed E-state index contributed by atoms with van der Waals surface area (Å²) in [5.74, 6) is 0.697. The lowest BCUT2D eigenvalue weighted by Gasteiger charge is -2.26. The van der Waals surface area contributed by atoms with Crippen LogP contribution in [0.25, 0.3) is 0 Å². The van der Waals surface area contributed by atoms with E-state index in [1.807, 2.05) is 0 Å². The molecule has 1 saturated heterocycles. The van der Waals surface area contributed by atoms with Gasteiger partial charge in [0.25, 0.3) is 0 Å². The molecule has 0 spiro atoms. The van der Waals surface area contributed by atoms with Gasteiger partial charge < -0.3 is 10.2 Å². The molecule has 2 heterocycles. The second kappa shape index (κ2) is 4.94. The topological polar surface area (TPSA) is 28.2 Å². The van der Waals surface area contributed by atoms with Crippen LogP contribution in [0.1, 0.15) is 19.5 Å². The number of aromatic nitrogens is 1. The molecule has 1 N–H and O–H groups in total. The average Bonchev–Trinajstić information content (AvgIpc) is 2.67. The zero-order chi connectivity index (χ0) is 10.7. The van der Waals surface area contributed by atoms with Crippen LogP contribution in [0.5, 0.6) is 0 Å². The Morgan fingerprint density at radius 3 is 2.87 bits per heavy atom. The Hall–Kier alpha value is -0.610. The molecule has 1 aromatic rings. The molecule has 0 atom stereocenters. The van der Waals surface area contributed by atoms with Gasteiger partial charge in [0, 0.05) is 31.6 Å². The van der Waals surface area contributed by atoms with Crippen molar-refractivity contribution in [1.29, 1.82) is 0 Å². The summed E-state index contributed by atoms with van der Waals surface area (Å²) in [5.41, 5.74) is 1.25. The third-order valence-electron chi connectivity index (χ3n) is 2.54.